The van der Waals surface area contributed by atoms with Gasteiger partial charge in [-0.15, -0.1) is 0 Å². The van der Waals surface area contributed by atoms with Crippen LogP contribution in [-0.2, 0) is 6.54 Å². The van der Waals surface area contributed by atoms with E-state index in [0.29, 0.717) is 18.4 Å². The number of aryl methyl sites for hydroxylation is 1. The predicted molar refractivity (Wildman–Crippen MR) is 74.0 cm³/mol. The molecular formula is C14H15N3O3. The second-order valence-corrected chi connectivity index (χ2v) is 4.23. The molecule has 2 N–H and O–H groups in total. The van der Waals surface area contributed by atoms with Gasteiger partial charge in [0.2, 0.25) is 11.8 Å². The van der Waals surface area contributed by atoms with Crippen LogP contribution in [-0.4, -0.2) is 28.2 Å². The fraction of sp³-hybridized carbons (Fsp3) is 0.214. The lowest BCUT2D eigenvalue weighted by Gasteiger charge is -2.07. The number of carboxylic acid groups (broad SMARTS) is 1. The van der Waals surface area contributed by atoms with Gasteiger partial charge >= 0.3 is 5.97 Å². The molecule has 1 aromatic heterocycles. The van der Waals surface area contributed by atoms with Gasteiger partial charge in [-0.1, -0.05) is 12.1 Å². The third-order valence-electron chi connectivity index (χ3n) is 2.69. The Hall–Kier alpha value is -2.63. The minimum absolute atomic E-state index is 0.266. The smallest absolute Gasteiger partial charge is 0.335 e. The van der Waals surface area contributed by atoms with E-state index in [1.54, 1.807) is 37.4 Å². The van der Waals surface area contributed by atoms with Crippen LogP contribution < -0.4 is 10.1 Å². The molecule has 1 aromatic carbocycles. The van der Waals surface area contributed by atoms with Gasteiger partial charge in [0.05, 0.1) is 12.7 Å². The molecule has 0 unspecified atom stereocenters. The van der Waals surface area contributed by atoms with Crippen molar-refractivity contribution in [2.45, 2.75) is 13.5 Å². The Kier molecular flexibility index (Phi) is 4.14. The first-order valence-corrected chi connectivity index (χ1v) is 6.04. The molecule has 0 atom stereocenters. The van der Waals surface area contributed by atoms with Crippen molar-refractivity contribution in [3.05, 3.63) is 47.2 Å². The molecule has 2 aromatic rings. The topological polar surface area (TPSA) is 84.3 Å². The molecule has 2 rings (SSSR count). The van der Waals surface area contributed by atoms with Gasteiger partial charge in [-0.05, 0) is 24.6 Å². The first kappa shape index (κ1) is 13.8. The van der Waals surface area contributed by atoms with Crippen LogP contribution in [0.4, 0.5) is 5.95 Å². The van der Waals surface area contributed by atoms with Crippen LogP contribution in [0.1, 0.15) is 21.6 Å². The summed E-state index contributed by atoms with van der Waals surface area (Å²) in [4.78, 5) is 19.2. The van der Waals surface area contributed by atoms with Gasteiger partial charge in [-0.2, -0.15) is 4.98 Å². The molecule has 0 amide bonds. The summed E-state index contributed by atoms with van der Waals surface area (Å²) in [6.45, 7) is 2.36. The number of hydrogen-bond donors (Lipinski definition) is 2. The number of carboxylic acids is 1. The highest BCUT2D eigenvalue weighted by atomic mass is 16.5. The number of rotatable bonds is 5. The minimum atomic E-state index is -0.934. The number of aromatic nitrogens is 2. The van der Waals surface area contributed by atoms with Crippen molar-refractivity contribution < 1.29 is 14.6 Å². The number of aromatic carboxylic acids is 1. The van der Waals surface area contributed by atoms with Gasteiger partial charge in [-0.25, -0.2) is 9.78 Å². The Morgan fingerprint density at radius 3 is 2.60 bits per heavy atom. The molecule has 0 saturated carbocycles. The third-order valence-corrected chi connectivity index (χ3v) is 2.69. The monoisotopic (exact) mass is 273 g/mol. The van der Waals surface area contributed by atoms with E-state index in [9.17, 15) is 4.79 Å². The maximum atomic E-state index is 10.8. The number of hydrogen-bond acceptors (Lipinski definition) is 5. The van der Waals surface area contributed by atoms with E-state index < -0.39 is 5.97 Å². The van der Waals surface area contributed by atoms with Gasteiger partial charge in [-0.3, -0.25) is 0 Å². The lowest BCUT2D eigenvalue weighted by atomic mass is 10.1. The molecular weight excluding hydrogens is 258 g/mol. The second-order valence-electron chi connectivity index (χ2n) is 4.23. The van der Waals surface area contributed by atoms with E-state index in [2.05, 4.69) is 15.3 Å². The zero-order chi connectivity index (χ0) is 14.5. The molecule has 6 heteroatoms. The maximum absolute atomic E-state index is 10.8. The molecule has 104 valence electrons. The third kappa shape index (κ3) is 3.44. The maximum Gasteiger partial charge on any atom is 0.335 e. The summed E-state index contributed by atoms with van der Waals surface area (Å²) >= 11 is 0. The fourth-order valence-electron chi connectivity index (χ4n) is 1.67. The summed E-state index contributed by atoms with van der Waals surface area (Å²) in [5.41, 5.74) is 2.02. The first-order valence-electron chi connectivity index (χ1n) is 6.04. The Balaban J connectivity index is 2.04. The van der Waals surface area contributed by atoms with Crippen LogP contribution in [0.25, 0.3) is 0 Å². The van der Waals surface area contributed by atoms with E-state index in [4.69, 9.17) is 9.84 Å². The van der Waals surface area contributed by atoms with Crippen molar-refractivity contribution >= 4 is 11.9 Å². The van der Waals surface area contributed by atoms with Crippen LogP contribution in [0.3, 0.4) is 0 Å². The number of benzene rings is 1. The quantitative estimate of drug-likeness (QED) is 0.868. The summed E-state index contributed by atoms with van der Waals surface area (Å²) in [7, 11) is 1.55. The molecule has 0 fully saturated rings. The summed E-state index contributed by atoms with van der Waals surface area (Å²) in [6, 6.07) is 8.38. The standard InChI is InChI=1S/C14H15N3O3/c1-9-7-12(20-2)17-14(16-9)15-8-10-3-5-11(6-4-10)13(18)19/h3-7H,8H2,1-2H3,(H,18,19)(H,15,16,17). The van der Waals surface area contributed by atoms with Crippen LogP contribution in [0.2, 0.25) is 0 Å². The van der Waals surface area contributed by atoms with E-state index >= 15 is 0 Å². The number of carbonyl (C=O) groups is 1. The summed E-state index contributed by atoms with van der Waals surface area (Å²) < 4.78 is 5.07. The van der Waals surface area contributed by atoms with Gasteiger partial charge < -0.3 is 15.2 Å². The lowest BCUT2D eigenvalue weighted by Crippen LogP contribution is -2.05. The lowest BCUT2D eigenvalue weighted by molar-refractivity contribution is 0.0697. The van der Waals surface area contributed by atoms with Crippen molar-refractivity contribution in [3.8, 4) is 5.88 Å². The van der Waals surface area contributed by atoms with Crippen LogP contribution in [0, 0.1) is 6.92 Å². The molecule has 0 radical (unpaired) electrons. The molecule has 0 aliphatic rings. The average Bonchev–Trinajstić information content (AvgIpc) is 2.45. The Labute approximate surface area is 116 Å². The van der Waals surface area contributed by atoms with Crippen molar-refractivity contribution in [2.24, 2.45) is 0 Å². The number of methoxy groups -OCH3 is 1. The van der Waals surface area contributed by atoms with Crippen LogP contribution >= 0.6 is 0 Å². The molecule has 6 nitrogen and oxygen atoms in total. The summed E-state index contributed by atoms with van der Waals surface area (Å²) in [6.07, 6.45) is 0. The van der Waals surface area contributed by atoms with Crippen molar-refractivity contribution in [1.29, 1.82) is 0 Å². The first-order chi connectivity index (χ1) is 9.58. The Morgan fingerprint density at radius 1 is 1.30 bits per heavy atom. The normalized spacial score (nSPS) is 10.1. The average molecular weight is 273 g/mol. The molecule has 1 heterocycles. The highest BCUT2D eigenvalue weighted by Gasteiger charge is 2.04. The SMILES string of the molecule is COc1cc(C)nc(NCc2ccc(C(=O)O)cc2)n1. The minimum Gasteiger partial charge on any atom is -0.481 e. The van der Waals surface area contributed by atoms with Gasteiger partial charge in [0, 0.05) is 18.3 Å². The second kappa shape index (κ2) is 6.01. The molecule has 0 aliphatic heterocycles. The molecule has 0 aliphatic carbocycles. The molecule has 20 heavy (non-hydrogen) atoms. The van der Waals surface area contributed by atoms with Crippen LogP contribution in [0.5, 0.6) is 5.88 Å². The van der Waals surface area contributed by atoms with Gasteiger partial charge in [0.25, 0.3) is 0 Å². The van der Waals surface area contributed by atoms with E-state index in [-0.39, 0.29) is 5.56 Å². The van der Waals surface area contributed by atoms with E-state index in [1.165, 1.54) is 0 Å². The highest BCUT2D eigenvalue weighted by Crippen LogP contribution is 2.12. The summed E-state index contributed by atoms with van der Waals surface area (Å²) in [5.74, 6) is 0.0432. The van der Waals surface area contributed by atoms with Gasteiger partial charge in [0.15, 0.2) is 0 Å². The van der Waals surface area contributed by atoms with Crippen molar-refractivity contribution in [1.82, 2.24) is 9.97 Å². The molecule has 0 bridgehead atoms. The fourth-order valence-corrected chi connectivity index (χ4v) is 1.67. The molecule has 0 saturated heterocycles. The van der Waals surface area contributed by atoms with Crippen LogP contribution in [0.15, 0.2) is 30.3 Å². The predicted octanol–water partition coefficient (Wildman–Crippen LogP) is 2.10. The van der Waals surface area contributed by atoms with Crippen molar-refractivity contribution in [2.75, 3.05) is 12.4 Å². The number of nitrogens with zero attached hydrogens (tertiary/aromatic N) is 2. The number of ether oxygens (including phenoxy) is 1. The zero-order valence-corrected chi connectivity index (χ0v) is 11.3. The van der Waals surface area contributed by atoms with E-state index in [0.717, 1.165) is 11.3 Å². The summed E-state index contributed by atoms with van der Waals surface area (Å²) in [5, 5.41) is 11.9. The largest absolute Gasteiger partial charge is 0.481 e. The molecule has 0 spiro atoms. The Bertz CT molecular complexity index is 612. The Morgan fingerprint density at radius 2 is 2.00 bits per heavy atom. The van der Waals surface area contributed by atoms with Gasteiger partial charge in [0.1, 0.15) is 0 Å². The number of anilines is 1. The number of nitrogens with one attached hydrogen (secondary N) is 1. The van der Waals surface area contributed by atoms with Crippen molar-refractivity contribution in [3.63, 3.8) is 0 Å². The zero-order valence-electron chi connectivity index (χ0n) is 11.3. The van der Waals surface area contributed by atoms with E-state index in [1.807, 2.05) is 6.92 Å². The highest BCUT2D eigenvalue weighted by molar-refractivity contribution is 5.87.